The SMILES string of the molecule is COc1ccsc1C(CCCc1ccccc1)NN. The highest BCUT2D eigenvalue weighted by molar-refractivity contribution is 7.10. The van der Waals surface area contributed by atoms with Crippen LogP contribution in [0.2, 0.25) is 0 Å². The number of nitrogens with two attached hydrogens (primary N) is 1. The first-order valence-electron chi connectivity index (χ1n) is 6.46. The van der Waals surface area contributed by atoms with Gasteiger partial charge in [0.05, 0.1) is 18.0 Å². The van der Waals surface area contributed by atoms with Crippen LogP contribution in [0.1, 0.15) is 29.3 Å². The molecule has 0 fully saturated rings. The predicted octanol–water partition coefficient (Wildman–Crippen LogP) is 3.28. The molecule has 1 heterocycles. The number of rotatable bonds is 7. The molecule has 3 nitrogen and oxygen atoms in total. The zero-order valence-electron chi connectivity index (χ0n) is 11.1. The molecule has 0 aliphatic heterocycles. The number of hydrogen-bond acceptors (Lipinski definition) is 4. The fourth-order valence-corrected chi connectivity index (χ4v) is 3.13. The second-order valence-electron chi connectivity index (χ2n) is 4.45. The zero-order valence-corrected chi connectivity index (χ0v) is 12.0. The van der Waals surface area contributed by atoms with Gasteiger partial charge in [-0.05, 0) is 36.3 Å². The Bertz CT molecular complexity index is 484. The van der Waals surface area contributed by atoms with Crippen LogP contribution in [0.5, 0.6) is 5.75 Å². The summed E-state index contributed by atoms with van der Waals surface area (Å²) in [5.74, 6) is 6.59. The monoisotopic (exact) mass is 276 g/mol. The quantitative estimate of drug-likeness (QED) is 0.602. The first kappa shape index (κ1) is 14.1. The van der Waals surface area contributed by atoms with Crippen molar-refractivity contribution < 1.29 is 4.74 Å². The second-order valence-corrected chi connectivity index (χ2v) is 5.40. The predicted molar refractivity (Wildman–Crippen MR) is 80.3 cm³/mol. The third-order valence-electron chi connectivity index (χ3n) is 3.20. The van der Waals surface area contributed by atoms with Crippen LogP contribution in [0, 0.1) is 0 Å². The van der Waals surface area contributed by atoms with E-state index in [1.165, 1.54) is 10.4 Å². The highest BCUT2D eigenvalue weighted by atomic mass is 32.1. The average molecular weight is 276 g/mol. The molecule has 3 N–H and O–H groups in total. The topological polar surface area (TPSA) is 47.3 Å². The Morgan fingerprint density at radius 3 is 2.74 bits per heavy atom. The summed E-state index contributed by atoms with van der Waals surface area (Å²) in [5, 5.41) is 2.04. The van der Waals surface area contributed by atoms with Gasteiger partial charge in [-0.25, -0.2) is 0 Å². The van der Waals surface area contributed by atoms with E-state index in [0.29, 0.717) is 0 Å². The van der Waals surface area contributed by atoms with E-state index in [4.69, 9.17) is 10.6 Å². The largest absolute Gasteiger partial charge is 0.496 e. The van der Waals surface area contributed by atoms with Crippen molar-refractivity contribution in [3.63, 3.8) is 0 Å². The van der Waals surface area contributed by atoms with Crippen LogP contribution in [0.4, 0.5) is 0 Å². The minimum Gasteiger partial charge on any atom is -0.496 e. The Labute approximate surface area is 118 Å². The molecular weight excluding hydrogens is 256 g/mol. The molecule has 0 amide bonds. The lowest BCUT2D eigenvalue weighted by Gasteiger charge is -2.15. The molecule has 1 atom stereocenters. The summed E-state index contributed by atoms with van der Waals surface area (Å²) in [5.41, 5.74) is 4.27. The molecule has 0 radical (unpaired) electrons. The molecule has 102 valence electrons. The van der Waals surface area contributed by atoms with Crippen LogP contribution in [0.25, 0.3) is 0 Å². The van der Waals surface area contributed by atoms with Crippen molar-refractivity contribution in [1.29, 1.82) is 0 Å². The van der Waals surface area contributed by atoms with Crippen LogP contribution in [-0.2, 0) is 6.42 Å². The van der Waals surface area contributed by atoms with Crippen LogP contribution >= 0.6 is 11.3 Å². The van der Waals surface area contributed by atoms with Crippen molar-refractivity contribution in [2.75, 3.05) is 7.11 Å². The summed E-state index contributed by atoms with van der Waals surface area (Å²) in [6, 6.07) is 12.7. The number of nitrogens with one attached hydrogen (secondary N) is 1. The van der Waals surface area contributed by atoms with Crippen molar-refractivity contribution in [3.05, 3.63) is 52.2 Å². The molecule has 1 aromatic heterocycles. The van der Waals surface area contributed by atoms with E-state index < -0.39 is 0 Å². The minimum atomic E-state index is 0.165. The Hall–Kier alpha value is -1.36. The van der Waals surface area contributed by atoms with Crippen LogP contribution in [-0.4, -0.2) is 7.11 Å². The van der Waals surface area contributed by atoms with Gasteiger partial charge in [0.2, 0.25) is 0 Å². The highest BCUT2D eigenvalue weighted by Crippen LogP contribution is 2.32. The maximum absolute atomic E-state index is 5.67. The third kappa shape index (κ3) is 3.80. The van der Waals surface area contributed by atoms with Gasteiger partial charge < -0.3 is 4.74 Å². The molecule has 19 heavy (non-hydrogen) atoms. The molecule has 0 bridgehead atoms. The third-order valence-corrected chi connectivity index (χ3v) is 4.21. The van der Waals surface area contributed by atoms with Gasteiger partial charge in [0.25, 0.3) is 0 Å². The summed E-state index contributed by atoms with van der Waals surface area (Å²) >= 11 is 1.69. The van der Waals surface area contributed by atoms with E-state index >= 15 is 0 Å². The zero-order chi connectivity index (χ0) is 13.5. The first-order valence-corrected chi connectivity index (χ1v) is 7.34. The molecule has 1 unspecified atom stereocenters. The molecule has 0 aliphatic rings. The first-order chi connectivity index (χ1) is 9.35. The average Bonchev–Trinajstić information content (AvgIpc) is 2.93. The normalized spacial score (nSPS) is 12.3. The number of hydrazine groups is 1. The van der Waals surface area contributed by atoms with E-state index in [-0.39, 0.29) is 6.04 Å². The van der Waals surface area contributed by atoms with E-state index in [0.717, 1.165) is 25.0 Å². The molecule has 0 aliphatic carbocycles. The Morgan fingerprint density at radius 2 is 2.05 bits per heavy atom. The maximum Gasteiger partial charge on any atom is 0.134 e. The van der Waals surface area contributed by atoms with Gasteiger partial charge >= 0.3 is 0 Å². The Balaban J connectivity index is 1.90. The Morgan fingerprint density at radius 1 is 1.26 bits per heavy atom. The number of aryl methyl sites for hydroxylation is 1. The number of thiophene rings is 1. The van der Waals surface area contributed by atoms with Gasteiger partial charge in [0.1, 0.15) is 5.75 Å². The van der Waals surface area contributed by atoms with E-state index in [2.05, 4.69) is 29.7 Å². The van der Waals surface area contributed by atoms with Crippen LogP contribution < -0.4 is 16.0 Å². The molecule has 2 aromatic rings. The van der Waals surface area contributed by atoms with Gasteiger partial charge in [-0.2, -0.15) is 0 Å². The van der Waals surface area contributed by atoms with Crippen molar-refractivity contribution in [2.45, 2.75) is 25.3 Å². The van der Waals surface area contributed by atoms with Crippen molar-refractivity contribution in [1.82, 2.24) is 5.43 Å². The van der Waals surface area contributed by atoms with Gasteiger partial charge in [-0.3, -0.25) is 11.3 Å². The minimum absolute atomic E-state index is 0.165. The van der Waals surface area contributed by atoms with Crippen molar-refractivity contribution in [2.24, 2.45) is 5.84 Å². The standard InChI is InChI=1S/C15H20N2OS/c1-18-14-10-11-19-15(14)13(17-16)9-5-8-12-6-3-2-4-7-12/h2-4,6-7,10-11,13,17H,5,8-9,16H2,1H3. The number of methoxy groups -OCH3 is 1. The lowest BCUT2D eigenvalue weighted by atomic mass is 10.0. The summed E-state index contributed by atoms with van der Waals surface area (Å²) in [4.78, 5) is 1.18. The summed E-state index contributed by atoms with van der Waals surface area (Å²) < 4.78 is 5.35. The molecule has 2 rings (SSSR count). The molecular formula is C15H20N2OS. The van der Waals surface area contributed by atoms with Gasteiger partial charge in [0, 0.05) is 0 Å². The summed E-state index contributed by atoms with van der Waals surface area (Å²) in [7, 11) is 1.70. The lowest BCUT2D eigenvalue weighted by molar-refractivity contribution is 0.399. The fraction of sp³-hybridized carbons (Fsp3) is 0.333. The smallest absolute Gasteiger partial charge is 0.134 e. The lowest BCUT2D eigenvalue weighted by Crippen LogP contribution is -2.27. The summed E-state index contributed by atoms with van der Waals surface area (Å²) in [6.07, 6.45) is 3.18. The molecule has 0 saturated carbocycles. The van der Waals surface area contributed by atoms with Crippen molar-refractivity contribution in [3.8, 4) is 5.75 Å². The number of ether oxygens (including phenoxy) is 1. The molecule has 4 heteroatoms. The van der Waals surface area contributed by atoms with Crippen LogP contribution in [0.3, 0.4) is 0 Å². The van der Waals surface area contributed by atoms with Gasteiger partial charge in [-0.1, -0.05) is 30.3 Å². The van der Waals surface area contributed by atoms with E-state index in [1.54, 1.807) is 18.4 Å². The van der Waals surface area contributed by atoms with E-state index in [1.807, 2.05) is 17.5 Å². The van der Waals surface area contributed by atoms with Crippen molar-refractivity contribution >= 4 is 11.3 Å². The fourth-order valence-electron chi connectivity index (χ4n) is 2.18. The molecule has 0 saturated heterocycles. The summed E-state index contributed by atoms with van der Waals surface area (Å²) in [6.45, 7) is 0. The number of benzene rings is 1. The molecule has 0 spiro atoms. The van der Waals surface area contributed by atoms with E-state index in [9.17, 15) is 0 Å². The van der Waals surface area contributed by atoms with Crippen LogP contribution in [0.15, 0.2) is 41.8 Å². The number of hydrogen-bond donors (Lipinski definition) is 2. The maximum atomic E-state index is 5.67. The van der Waals surface area contributed by atoms with Gasteiger partial charge in [0.15, 0.2) is 0 Å². The Kier molecular flexibility index (Phi) is 5.39. The highest BCUT2D eigenvalue weighted by Gasteiger charge is 2.15. The second kappa shape index (κ2) is 7.28. The molecule has 1 aromatic carbocycles. The van der Waals surface area contributed by atoms with Gasteiger partial charge in [-0.15, -0.1) is 11.3 Å².